The van der Waals surface area contributed by atoms with Gasteiger partial charge in [-0.2, -0.15) is 0 Å². The lowest BCUT2D eigenvalue weighted by Crippen LogP contribution is -2.59. The van der Waals surface area contributed by atoms with Gasteiger partial charge < -0.3 is 4.90 Å². The van der Waals surface area contributed by atoms with Crippen molar-refractivity contribution < 1.29 is 4.79 Å². The zero-order valence-corrected chi connectivity index (χ0v) is 15.6. The molecule has 3 aliphatic rings. The number of hydrogen-bond acceptors (Lipinski definition) is 2. The second-order valence-corrected chi connectivity index (χ2v) is 8.58. The summed E-state index contributed by atoms with van der Waals surface area (Å²) in [5.74, 6) is 0.952. The Bertz CT molecular complexity index is 843. The molecule has 1 aliphatic heterocycles. The lowest BCUT2D eigenvalue weighted by atomic mass is 9.52. The number of fused-ring (bicyclic) bond motifs is 1. The van der Waals surface area contributed by atoms with Gasteiger partial charge in [-0.25, -0.2) is 0 Å². The van der Waals surface area contributed by atoms with E-state index >= 15 is 0 Å². The second-order valence-electron chi connectivity index (χ2n) is 8.58. The van der Waals surface area contributed by atoms with Gasteiger partial charge in [0.05, 0.1) is 0 Å². The number of hydrogen-bond donors (Lipinski definition) is 0. The first-order valence-electron chi connectivity index (χ1n) is 10.1. The Morgan fingerprint density at radius 2 is 1.88 bits per heavy atom. The highest BCUT2D eigenvalue weighted by Gasteiger charge is 2.52. The molecule has 0 unspecified atom stereocenters. The highest BCUT2D eigenvalue weighted by atomic mass is 16.1. The number of ketones is 1. The maximum absolute atomic E-state index is 12.9. The zero-order chi connectivity index (χ0) is 17.7. The van der Waals surface area contributed by atoms with Crippen molar-refractivity contribution in [1.29, 1.82) is 0 Å². The van der Waals surface area contributed by atoms with E-state index in [9.17, 15) is 4.79 Å². The number of carbonyl (C=O) groups is 1. The fourth-order valence-electron chi connectivity index (χ4n) is 6.12. The lowest BCUT2D eigenvalue weighted by molar-refractivity contribution is 0.00284. The molecule has 5 rings (SSSR count). The van der Waals surface area contributed by atoms with Crippen LogP contribution >= 0.6 is 0 Å². The van der Waals surface area contributed by atoms with Crippen molar-refractivity contribution in [3.8, 4) is 0 Å². The van der Waals surface area contributed by atoms with Crippen LogP contribution in [0.25, 0.3) is 0 Å². The molecule has 0 amide bonds. The van der Waals surface area contributed by atoms with E-state index in [1.165, 1.54) is 44.2 Å². The first-order chi connectivity index (χ1) is 12.7. The van der Waals surface area contributed by atoms with Crippen molar-refractivity contribution in [2.24, 2.45) is 5.92 Å². The van der Waals surface area contributed by atoms with Gasteiger partial charge in [0.25, 0.3) is 0 Å². The van der Waals surface area contributed by atoms with Gasteiger partial charge >= 0.3 is 0 Å². The standard InChI is InChI=1S/C24H27NO/c1-25-14-13-24-12-6-5-9-21(24)22(25)16-19-15-18(10-11-20(19)24)23(26)17-7-3-2-4-8-17/h2-4,7-8,10-11,15,21-22H,5-6,9,12-14,16H2,1H3/t21-,22+,24-/m0/s1. The van der Waals surface area contributed by atoms with Crippen LogP contribution in [0.15, 0.2) is 48.5 Å². The molecule has 2 heteroatoms. The Balaban J connectivity index is 1.58. The summed E-state index contributed by atoms with van der Waals surface area (Å²) in [7, 11) is 2.30. The summed E-state index contributed by atoms with van der Waals surface area (Å²) in [6.45, 7) is 1.21. The van der Waals surface area contributed by atoms with Gasteiger partial charge in [0.1, 0.15) is 0 Å². The molecule has 26 heavy (non-hydrogen) atoms. The average molecular weight is 345 g/mol. The van der Waals surface area contributed by atoms with Gasteiger partial charge in [-0.3, -0.25) is 4.79 Å². The van der Waals surface area contributed by atoms with Gasteiger partial charge in [-0.05, 0) is 62.4 Å². The van der Waals surface area contributed by atoms with Gasteiger partial charge in [-0.1, -0.05) is 55.3 Å². The molecule has 2 bridgehead atoms. The van der Waals surface area contributed by atoms with E-state index in [4.69, 9.17) is 0 Å². The predicted molar refractivity (Wildman–Crippen MR) is 105 cm³/mol. The molecule has 2 fully saturated rings. The maximum Gasteiger partial charge on any atom is 0.193 e. The average Bonchev–Trinajstić information content (AvgIpc) is 2.70. The molecule has 0 aromatic heterocycles. The summed E-state index contributed by atoms with van der Waals surface area (Å²) in [4.78, 5) is 15.5. The Morgan fingerprint density at radius 3 is 2.73 bits per heavy atom. The minimum Gasteiger partial charge on any atom is -0.303 e. The summed E-state index contributed by atoms with van der Waals surface area (Å²) in [6, 6.07) is 16.9. The van der Waals surface area contributed by atoms with E-state index in [1.54, 1.807) is 5.56 Å². The summed E-state index contributed by atoms with van der Waals surface area (Å²) >= 11 is 0. The van der Waals surface area contributed by atoms with E-state index < -0.39 is 0 Å². The van der Waals surface area contributed by atoms with Crippen molar-refractivity contribution in [2.45, 2.75) is 50.0 Å². The van der Waals surface area contributed by atoms with Gasteiger partial charge in [-0.15, -0.1) is 0 Å². The Morgan fingerprint density at radius 1 is 1.04 bits per heavy atom. The quantitative estimate of drug-likeness (QED) is 0.741. The van der Waals surface area contributed by atoms with Gasteiger partial charge in [0, 0.05) is 22.6 Å². The van der Waals surface area contributed by atoms with Crippen LogP contribution < -0.4 is 0 Å². The fourth-order valence-corrected chi connectivity index (χ4v) is 6.12. The first-order valence-corrected chi connectivity index (χ1v) is 10.1. The molecule has 0 spiro atoms. The van der Waals surface area contributed by atoms with Crippen molar-refractivity contribution in [2.75, 3.05) is 13.6 Å². The van der Waals surface area contributed by atoms with Crippen molar-refractivity contribution >= 4 is 5.78 Å². The van der Waals surface area contributed by atoms with Crippen LogP contribution in [0.1, 0.15) is 59.2 Å². The SMILES string of the molecule is CN1CC[C@]23CCCC[C@H]2[C@H]1Cc1cc(C(=O)c2ccccc2)ccc13. The van der Waals surface area contributed by atoms with E-state index in [2.05, 4.69) is 30.1 Å². The molecule has 3 atom stereocenters. The fraction of sp³-hybridized carbons (Fsp3) is 0.458. The third-order valence-corrected chi connectivity index (χ3v) is 7.41. The monoisotopic (exact) mass is 345 g/mol. The molecular formula is C24H27NO. The van der Waals surface area contributed by atoms with Crippen LogP contribution in [-0.2, 0) is 11.8 Å². The second kappa shape index (κ2) is 6.06. The van der Waals surface area contributed by atoms with E-state index in [1.807, 2.05) is 30.3 Å². The van der Waals surface area contributed by atoms with E-state index in [-0.39, 0.29) is 5.78 Å². The van der Waals surface area contributed by atoms with Crippen LogP contribution in [0.2, 0.25) is 0 Å². The Labute approximate surface area is 156 Å². The molecule has 1 heterocycles. The number of piperidine rings is 1. The third kappa shape index (κ3) is 2.31. The summed E-state index contributed by atoms with van der Waals surface area (Å²) in [6.07, 6.45) is 7.84. The van der Waals surface area contributed by atoms with Crippen molar-refractivity contribution in [3.05, 3.63) is 70.8 Å². The molecule has 2 aromatic rings. The number of likely N-dealkylation sites (N-methyl/N-ethyl adjacent to an activating group) is 1. The van der Waals surface area contributed by atoms with E-state index in [0.717, 1.165) is 23.5 Å². The van der Waals surface area contributed by atoms with Crippen LogP contribution in [0.5, 0.6) is 0 Å². The summed E-state index contributed by atoms with van der Waals surface area (Å²) < 4.78 is 0. The highest BCUT2D eigenvalue weighted by Crippen LogP contribution is 2.55. The topological polar surface area (TPSA) is 20.3 Å². The van der Waals surface area contributed by atoms with Crippen molar-refractivity contribution in [3.63, 3.8) is 0 Å². The molecule has 2 aromatic carbocycles. The first kappa shape index (κ1) is 16.3. The third-order valence-electron chi connectivity index (χ3n) is 7.41. The predicted octanol–water partition coefficient (Wildman–Crippen LogP) is 4.61. The summed E-state index contributed by atoms with van der Waals surface area (Å²) in [5.41, 5.74) is 5.01. The van der Waals surface area contributed by atoms with Crippen LogP contribution in [0, 0.1) is 5.92 Å². The molecule has 134 valence electrons. The van der Waals surface area contributed by atoms with Crippen LogP contribution in [0.3, 0.4) is 0 Å². The largest absolute Gasteiger partial charge is 0.303 e. The molecular weight excluding hydrogens is 318 g/mol. The van der Waals surface area contributed by atoms with Crippen molar-refractivity contribution in [1.82, 2.24) is 4.90 Å². The summed E-state index contributed by atoms with van der Waals surface area (Å²) in [5, 5.41) is 0. The highest BCUT2D eigenvalue weighted by molar-refractivity contribution is 6.09. The number of carbonyl (C=O) groups excluding carboxylic acids is 1. The minimum atomic E-state index is 0.148. The number of likely N-dealkylation sites (tertiary alicyclic amines) is 1. The minimum absolute atomic E-state index is 0.148. The van der Waals surface area contributed by atoms with Gasteiger partial charge in [0.2, 0.25) is 0 Å². The zero-order valence-electron chi connectivity index (χ0n) is 15.6. The van der Waals surface area contributed by atoms with Gasteiger partial charge in [0.15, 0.2) is 5.78 Å². The maximum atomic E-state index is 12.9. The number of rotatable bonds is 2. The van der Waals surface area contributed by atoms with Crippen LogP contribution in [0.4, 0.5) is 0 Å². The Kier molecular flexibility index (Phi) is 3.79. The molecule has 1 saturated carbocycles. The Hall–Kier alpha value is -1.93. The smallest absolute Gasteiger partial charge is 0.193 e. The number of benzene rings is 2. The molecule has 2 aliphatic carbocycles. The lowest BCUT2D eigenvalue weighted by Gasteiger charge is -2.58. The molecule has 1 saturated heterocycles. The molecule has 0 N–H and O–H groups in total. The number of nitrogens with zero attached hydrogens (tertiary/aromatic N) is 1. The van der Waals surface area contributed by atoms with Crippen LogP contribution in [-0.4, -0.2) is 30.3 Å². The molecule has 0 radical (unpaired) electrons. The van der Waals surface area contributed by atoms with E-state index in [0.29, 0.717) is 11.5 Å². The molecule has 2 nitrogen and oxygen atoms in total. The normalized spacial score (nSPS) is 30.3.